The molecule has 1 aromatic carbocycles. The molecular formula is C16H20ClNO3. The van der Waals surface area contributed by atoms with Crippen molar-refractivity contribution in [3.8, 4) is 0 Å². The first kappa shape index (κ1) is 17.2. The van der Waals surface area contributed by atoms with E-state index in [0.29, 0.717) is 5.02 Å². The van der Waals surface area contributed by atoms with E-state index >= 15 is 0 Å². The van der Waals surface area contributed by atoms with Crippen molar-refractivity contribution in [2.75, 3.05) is 6.54 Å². The smallest absolute Gasteiger partial charge is 0.305 e. The van der Waals surface area contributed by atoms with E-state index in [1.165, 1.54) is 6.08 Å². The topological polar surface area (TPSA) is 57.6 Å². The fraction of sp³-hybridized carbons (Fsp3) is 0.375. The Kier molecular flexibility index (Phi) is 5.97. The molecule has 0 atom stereocenters. The zero-order chi connectivity index (χ0) is 16.0. The molecule has 21 heavy (non-hydrogen) atoms. The minimum Gasteiger partial charge on any atom is -0.481 e. The first-order chi connectivity index (χ1) is 9.70. The number of carbonyl (C=O) groups is 2. The van der Waals surface area contributed by atoms with Gasteiger partial charge in [-0.3, -0.25) is 9.59 Å². The molecule has 1 aromatic rings. The number of halogens is 1. The summed E-state index contributed by atoms with van der Waals surface area (Å²) in [7, 11) is 0. The van der Waals surface area contributed by atoms with Gasteiger partial charge >= 0.3 is 5.97 Å². The van der Waals surface area contributed by atoms with Crippen LogP contribution >= 0.6 is 11.6 Å². The fourth-order valence-corrected chi connectivity index (χ4v) is 2.05. The normalized spacial score (nSPS) is 11.6. The van der Waals surface area contributed by atoms with E-state index in [2.05, 4.69) is 0 Å². The van der Waals surface area contributed by atoms with Crippen LogP contribution in [0.15, 0.2) is 30.3 Å². The molecular weight excluding hydrogens is 290 g/mol. The second-order valence-corrected chi connectivity index (χ2v) is 6.13. The molecule has 0 bridgehead atoms. The van der Waals surface area contributed by atoms with Gasteiger partial charge in [0.05, 0.1) is 6.42 Å². The lowest BCUT2D eigenvalue weighted by Gasteiger charge is -2.34. The van der Waals surface area contributed by atoms with Crippen molar-refractivity contribution in [2.45, 2.75) is 32.7 Å². The molecule has 0 aromatic heterocycles. The second-order valence-electron chi connectivity index (χ2n) is 5.69. The summed E-state index contributed by atoms with van der Waals surface area (Å²) < 4.78 is 0. The van der Waals surface area contributed by atoms with Crippen molar-refractivity contribution >= 4 is 29.6 Å². The van der Waals surface area contributed by atoms with E-state index in [1.54, 1.807) is 29.2 Å². The number of carbonyl (C=O) groups excluding carboxylic acids is 1. The Morgan fingerprint density at radius 2 is 2.00 bits per heavy atom. The zero-order valence-electron chi connectivity index (χ0n) is 12.5. The van der Waals surface area contributed by atoms with Gasteiger partial charge in [0, 0.05) is 23.2 Å². The number of carboxylic acids is 1. The number of aliphatic carboxylic acids is 1. The molecule has 0 saturated heterocycles. The molecule has 114 valence electrons. The first-order valence-electron chi connectivity index (χ1n) is 6.67. The van der Waals surface area contributed by atoms with Gasteiger partial charge in [0.1, 0.15) is 0 Å². The van der Waals surface area contributed by atoms with Crippen LogP contribution in [-0.2, 0) is 9.59 Å². The number of nitrogens with zero attached hydrogens (tertiary/aromatic N) is 1. The molecule has 0 radical (unpaired) electrons. The Morgan fingerprint density at radius 1 is 1.33 bits per heavy atom. The zero-order valence-corrected chi connectivity index (χ0v) is 13.2. The van der Waals surface area contributed by atoms with E-state index in [9.17, 15) is 9.59 Å². The average Bonchev–Trinajstić information content (AvgIpc) is 2.34. The highest BCUT2D eigenvalue weighted by atomic mass is 35.5. The fourth-order valence-electron chi connectivity index (χ4n) is 1.85. The van der Waals surface area contributed by atoms with Gasteiger partial charge in [-0.2, -0.15) is 0 Å². The molecule has 4 nitrogen and oxygen atoms in total. The van der Waals surface area contributed by atoms with Crippen molar-refractivity contribution < 1.29 is 14.7 Å². The third-order valence-electron chi connectivity index (χ3n) is 2.89. The van der Waals surface area contributed by atoms with Gasteiger partial charge in [0.25, 0.3) is 0 Å². The highest BCUT2D eigenvalue weighted by Gasteiger charge is 2.25. The summed E-state index contributed by atoms with van der Waals surface area (Å²) in [5, 5.41) is 9.38. The first-order valence-corrected chi connectivity index (χ1v) is 7.05. The average molecular weight is 310 g/mol. The predicted octanol–water partition coefficient (Wildman–Crippen LogP) is 3.46. The van der Waals surface area contributed by atoms with Crippen molar-refractivity contribution in [2.24, 2.45) is 0 Å². The highest BCUT2D eigenvalue weighted by molar-refractivity contribution is 6.30. The van der Waals surface area contributed by atoms with E-state index in [0.717, 1.165) is 5.56 Å². The summed E-state index contributed by atoms with van der Waals surface area (Å²) in [6.45, 7) is 5.80. The Balaban J connectivity index is 2.83. The SMILES string of the molecule is CC(C)(C)N(CCC(=O)O)C(=O)/C=C/c1cccc(Cl)c1. The third-order valence-corrected chi connectivity index (χ3v) is 3.13. The van der Waals surface area contributed by atoms with Crippen LogP contribution in [0.4, 0.5) is 0 Å². The van der Waals surface area contributed by atoms with Crippen molar-refractivity contribution in [3.05, 3.63) is 40.9 Å². The molecule has 0 aliphatic carbocycles. The summed E-state index contributed by atoms with van der Waals surface area (Å²) in [6, 6.07) is 7.16. The molecule has 0 unspecified atom stereocenters. The number of hydrogen-bond acceptors (Lipinski definition) is 2. The maximum atomic E-state index is 12.3. The standard InChI is InChI=1S/C16H20ClNO3/c1-16(2,3)18(10-9-15(20)21)14(19)8-7-12-5-4-6-13(17)11-12/h4-8,11H,9-10H2,1-3H3,(H,20,21)/b8-7+. The number of carboxylic acid groups (broad SMARTS) is 1. The Hall–Kier alpha value is -1.81. The Morgan fingerprint density at radius 3 is 2.52 bits per heavy atom. The van der Waals surface area contributed by atoms with Crippen LogP contribution in [0.5, 0.6) is 0 Å². The largest absolute Gasteiger partial charge is 0.481 e. The second kappa shape index (κ2) is 7.27. The van der Waals surface area contributed by atoms with Crippen LogP contribution in [-0.4, -0.2) is 34.0 Å². The molecule has 0 spiro atoms. The summed E-state index contributed by atoms with van der Waals surface area (Å²) in [5.41, 5.74) is 0.383. The summed E-state index contributed by atoms with van der Waals surface area (Å²) in [5.74, 6) is -1.14. The van der Waals surface area contributed by atoms with Crippen LogP contribution in [0.3, 0.4) is 0 Å². The van der Waals surface area contributed by atoms with Crippen LogP contribution in [0.2, 0.25) is 5.02 Å². The van der Waals surface area contributed by atoms with Crippen LogP contribution in [0.25, 0.3) is 6.08 Å². The Bertz CT molecular complexity index is 547. The summed E-state index contributed by atoms with van der Waals surface area (Å²) in [4.78, 5) is 24.5. The number of amides is 1. The van der Waals surface area contributed by atoms with Crippen molar-refractivity contribution in [3.63, 3.8) is 0 Å². The molecule has 0 aliphatic heterocycles. The number of benzene rings is 1. The molecule has 5 heteroatoms. The Labute approximate surface area is 130 Å². The molecule has 1 amide bonds. The van der Waals surface area contributed by atoms with Gasteiger partial charge in [0.15, 0.2) is 0 Å². The number of hydrogen-bond donors (Lipinski definition) is 1. The van der Waals surface area contributed by atoms with Gasteiger partial charge in [0.2, 0.25) is 5.91 Å². The molecule has 1 N–H and O–H groups in total. The molecule has 0 saturated carbocycles. The predicted molar refractivity (Wildman–Crippen MR) is 84.2 cm³/mol. The maximum absolute atomic E-state index is 12.3. The van der Waals surface area contributed by atoms with E-state index in [1.807, 2.05) is 26.8 Å². The van der Waals surface area contributed by atoms with Crippen LogP contribution in [0, 0.1) is 0 Å². The van der Waals surface area contributed by atoms with Gasteiger partial charge < -0.3 is 10.0 Å². The van der Waals surface area contributed by atoms with Crippen LogP contribution < -0.4 is 0 Å². The third kappa shape index (κ3) is 6.00. The van der Waals surface area contributed by atoms with Gasteiger partial charge in [-0.1, -0.05) is 23.7 Å². The van der Waals surface area contributed by atoms with E-state index in [4.69, 9.17) is 16.7 Å². The molecule has 0 aliphatic rings. The quantitative estimate of drug-likeness (QED) is 0.847. The lowest BCUT2D eigenvalue weighted by molar-refractivity contribution is -0.139. The minimum absolute atomic E-state index is 0.0754. The van der Waals surface area contributed by atoms with Gasteiger partial charge in [-0.05, 0) is 44.5 Å². The summed E-state index contributed by atoms with van der Waals surface area (Å²) in [6.07, 6.45) is 3.04. The number of rotatable bonds is 5. The molecule has 0 heterocycles. The van der Waals surface area contributed by atoms with E-state index in [-0.39, 0.29) is 18.9 Å². The maximum Gasteiger partial charge on any atom is 0.305 e. The monoisotopic (exact) mass is 309 g/mol. The van der Waals surface area contributed by atoms with Gasteiger partial charge in [-0.25, -0.2) is 0 Å². The van der Waals surface area contributed by atoms with Crippen LogP contribution in [0.1, 0.15) is 32.8 Å². The lowest BCUT2D eigenvalue weighted by atomic mass is 10.1. The van der Waals surface area contributed by atoms with E-state index < -0.39 is 11.5 Å². The highest BCUT2D eigenvalue weighted by Crippen LogP contribution is 2.16. The molecule has 1 rings (SSSR count). The summed E-state index contributed by atoms with van der Waals surface area (Å²) >= 11 is 5.89. The lowest BCUT2D eigenvalue weighted by Crippen LogP contribution is -2.45. The molecule has 0 fully saturated rings. The van der Waals surface area contributed by atoms with Gasteiger partial charge in [-0.15, -0.1) is 0 Å². The minimum atomic E-state index is -0.920. The van der Waals surface area contributed by atoms with Crippen molar-refractivity contribution in [1.29, 1.82) is 0 Å². The van der Waals surface area contributed by atoms with Crippen molar-refractivity contribution in [1.82, 2.24) is 4.90 Å².